The van der Waals surface area contributed by atoms with E-state index in [1.807, 2.05) is 30.3 Å². The predicted molar refractivity (Wildman–Crippen MR) is 79.5 cm³/mol. The highest BCUT2D eigenvalue weighted by atomic mass is 16.6. The Labute approximate surface area is 128 Å². The number of ether oxygens (including phenoxy) is 2. The van der Waals surface area contributed by atoms with Crippen LogP contribution in [0.25, 0.3) is 0 Å². The molecule has 0 saturated carbocycles. The first kappa shape index (κ1) is 14.7. The van der Waals surface area contributed by atoms with Gasteiger partial charge in [-0.2, -0.15) is 5.10 Å². The molecule has 2 aliphatic rings. The average Bonchev–Trinajstić information content (AvgIpc) is 3.13. The van der Waals surface area contributed by atoms with E-state index in [4.69, 9.17) is 9.47 Å². The van der Waals surface area contributed by atoms with Crippen molar-refractivity contribution in [2.75, 3.05) is 13.2 Å². The molecule has 0 amide bonds. The number of epoxide rings is 1. The number of hydrogen-bond donors (Lipinski definition) is 1. The molecule has 2 heterocycles. The highest BCUT2D eigenvalue weighted by molar-refractivity contribution is 6.46. The number of nitrogens with one attached hydrogen (secondary N) is 1. The molecule has 0 bridgehead atoms. The van der Waals surface area contributed by atoms with Gasteiger partial charge in [0, 0.05) is 0 Å². The molecule has 0 radical (unpaired) electrons. The molecule has 0 aromatic heterocycles. The van der Waals surface area contributed by atoms with Crippen LogP contribution in [0, 0.1) is 0 Å². The van der Waals surface area contributed by atoms with Crippen LogP contribution < -0.4 is 5.43 Å². The SMILES string of the molecule is CCOC(=O)C1NN=C(C(=O)C2(C)CO2)C1c1ccccc1. The van der Waals surface area contributed by atoms with Crippen molar-refractivity contribution < 1.29 is 19.1 Å². The van der Waals surface area contributed by atoms with Crippen LogP contribution >= 0.6 is 0 Å². The van der Waals surface area contributed by atoms with Gasteiger partial charge in [0.2, 0.25) is 5.78 Å². The second-order valence-electron chi connectivity index (χ2n) is 5.59. The quantitative estimate of drug-likeness (QED) is 0.649. The van der Waals surface area contributed by atoms with E-state index in [9.17, 15) is 9.59 Å². The van der Waals surface area contributed by atoms with Gasteiger partial charge in [0.1, 0.15) is 5.71 Å². The third-order valence-electron chi connectivity index (χ3n) is 3.94. The summed E-state index contributed by atoms with van der Waals surface area (Å²) >= 11 is 0. The van der Waals surface area contributed by atoms with E-state index in [-0.39, 0.29) is 12.4 Å². The Bertz CT molecular complexity index is 622. The number of esters is 1. The lowest BCUT2D eigenvalue weighted by Gasteiger charge is -2.19. The van der Waals surface area contributed by atoms with Crippen LogP contribution in [0.1, 0.15) is 25.3 Å². The highest BCUT2D eigenvalue weighted by Crippen LogP contribution is 2.34. The summed E-state index contributed by atoms with van der Waals surface area (Å²) in [5.74, 6) is -1.06. The number of Topliss-reactive ketones (excluding diaryl/α,β-unsaturated/α-hetero) is 1. The first-order valence-corrected chi connectivity index (χ1v) is 7.30. The van der Waals surface area contributed by atoms with Crippen molar-refractivity contribution in [3.05, 3.63) is 35.9 Å². The number of hydrazone groups is 1. The third-order valence-corrected chi connectivity index (χ3v) is 3.94. The zero-order chi connectivity index (χ0) is 15.7. The number of carbonyl (C=O) groups excluding carboxylic acids is 2. The Morgan fingerprint density at radius 2 is 2.09 bits per heavy atom. The van der Waals surface area contributed by atoms with Gasteiger partial charge in [0.15, 0.2) is 11.6 Å². The molecule has 3 unspecified atom stereocenters. The molecule has 1 N–H and O–H groups in total. The molecular weight excluding hydrogens is 284 g/mol. The zero-order valence-electron chi connectivity index (χ0n) is 12.5. The Kier molecular flexibility index (Phi) is 3.70. The molecule has 6 nitrogen and oxygen atoms in total. The molecule has 1 aromatic rings. The number of nitrogens with zero attached hydrogens (tertiary/aromatic N) is 1. The van der Waals surface area contributed by atoms with Crippen LogP contribution in [0.2, 0.25) is 0 Å². The summed E-state index contributed by atoms with van der Waals surface area (Å²) in [4.78, 5) is 24.8. The van der Waals surface area contributed by atoms with Gasteiger partial charge >= 0.3 is 5.97 Å². The van der Waals surface area contributed by atoms with Crippen molar-refractivity contribution in [1.82, 2.24) is 5.43 Å². The third kappa shape index (κ3) is 2.50. The molecule has 6 heteroatoms. The average molecular weight is 302 g/mol. The maximum atomic E-state index is 12.6. The van der Waals surface area contributed by atoms with Gasteiger partial charge in [-0.3, -0.25) is 10.2 Å². The van der Waals surface area contributed by atoms with E-state index in [0.29, 0.717) is 12.3 Å². The Morgan fingerprint density at radius 1 is 1.41 bits per heavy atom. The summed E-state index contributed by atoms with van der Waals surface area (Å²) in [6.45, 7) is 4.15. The van der Waals surface area contributed by atoms with Crippen LogP contribution in [-0.4, -0.2) is 42.3 Å². The fraction of sp³-hybridized carbons (Fsp3) is 0.438. The van der Waals surface area contributed by atoms with E-state index in [2.05, 4.69) is 10.5 Å². The molecule has 3 rings (SSSR count). The van der Waals surface area contributed by atoms with Gasteiger partial charge < -0.3 is 9.47 Å². The van der Waals surface area contributed by atoms with Crippen LogP contribution in [0.5, 0.6) is 0 Å². The van der Waals surface area contributed by atoms with Gasteiger partial charge in [0.25, 0.3) is 0 Å². The van der Waals surface area contributed by atoms with Crippen molar-refractivity contribution in [1.29, 1.82) is 0 Å². The molecule has 1 saturated heterocycles. The summed E-state index contributed by atoms with van der Waals surface area (Å²) in [5, 5.41) is 4.12. The summed E-state index contributed by atoms with van der Waals surface area (Å²) in [6, 6.07) is 8.69. The maximum Gasteiger partial charge on any atom is 0.331 e. The summed E-state index contributed by atoms with van der Waals surface area (Å²) in [6.07, 6.45) is 0. The van der Waals surface area contributed by atoms with Crippen molar-refractivity contribution in [2.45, 2.75) is 31.4 Å². The molecular formula is C16H18N2O4. The smallest absolute Gasteiger partial charge is 0.331 e. The molecule has 1 fully saturated rings. The van der Waals surface area contributed by atoms with E-state index in [1.54, 1.807) is 13.8 Å². The minimum absolute atomic E-state index is 0.180. The lowest BCUT2D eigenvalue weighted by molar-refractivity contribution is -0.145. The first-order valence-electron chi connectivity index (χ1n) is 7.30. The summed E-state index contributed by atoms with van der Waals surface area (Å²) in [7, 11) is 0. The van der Waals surface area contributed by atoms with Gasteiger partial charge in [-0.15, -0.1) is 0 Å². The fourth-order valence-corrected chi connectivity index (χ4v) is 2.57. The fourth-order valence-electron chi connectivity index (χ4n) is 2.57. The number of carbonyl (C=O) groups is 2. The van der Waals surface area contributed by atoms with Crippen LogP contribution in [0.15, 0.2) is 35.4 Å². The highest BCUT2D eigenvalue weighted by Gasteiger charge is 2.53. The number of ketones is 1. The van der Waals surface area contributed by atoms with Crippen molar-refractivity contribution in [2.24, 2.45) is 5.10 Å². The van der Waals surface area contributed by atoms with Crippen LogP contribution in [-0.2, 0) is 19.1 Å². The first-order chi connectivity index (χ1) is 10.6. The molecule has 0 spiro atoms. The summed E-state index contributed by atoms with van der Waals surface area (Å²) in [5.41, 5.74) is 3.12. The minimum Gasteiger partial charge on any atom is -0.464 e. The van der Waals surface area contributed by atoms with E-state index in [0.717, 1.165) is 5.56 Å². The van der Waals surface area contributed by atoms with E-state index >= 15 is 0 Å². The second kappa shape index (κ2) is 5.53. The monoisotopic (exact) mass is 302 g/mol. The number of hydrogen-bond acceptors (Lipinski definition) is 6. The maximum absolute atomic E-state index is 12.6. The second-order valence-corrected chi connectivity index (χ2v) is 5.59. The Balaban J connectivity index is 1.93. The van der Waals surface area contributed by atoms with Crippen molar-refractivity contribution in [3.63, 3.8) is 0 Å². The molecule has 22 heavy (non-hydrogen) atoms. The van der Waals surface area contributed by atoms with Gasteiger partial charge in [0.05, 0.1) is 19.1 Å². The minimum atomic E-state index is -0.808. The van der Waals surface area contributed by atoms with E-state index < -0.39 is 23.5 Å². The van der Waals surface area contributed by atoms with E-state index in [1.165, 1.54) is 0 Å². The number of rotatable bonds is 5. The van der Waals surface area contributed by atoms with Crippen LogP contribution in [0.3, 0.4) is 0 Å². The van der Waals surface area contributed by atoms with Gasteiger partial charge in [-0.05, 0) is 19.4 Å². The largest absolute Gasteiger partial charge is 0.464 e. The van der Waals surface area contributed by atoms with Crippen molar-refractivity contribution in [3.8, 4) is 0 Å². The van der Waals surface area contributed by atoms with Crippen LogP contribution in [0.4, 0.5) is 0 Å². The molecule has 0 aliphatic carbocycles. The zero-order valence-corrected chi connectivity index (χ0v) is 12.5. The topological polar surface area (TPSA) is 80.3 Å². The Hall–Kier alpha value is -2.21. The molecule has 1 aromatic carbocycles. The van der Waals surface area contributed by atoms with Crippen molar-refractivity contribution >= 4 is 17.5 Å². The molecule has 2 aliphatic heterocycles. The van der Waals surface area contributed by atoms with Gasteiger partial charge in [-0.1, -0.05) is 30.3 Å². The summed E-state index contributed by atoms with van der Waals surface area (Å²) < 4.78 is 10.3. The normalized spacial score (nSPS) is 29.5. The Morgan fingerprint density at radius 3 is 2.68 bits per heavy atom. The lowest BCUT2D eigenvalue weighted by Crippen LogP contribution is -2.40. The molecule has 116 valence electrons. The van der Waals surface area contributed by atoms with Gasteiger partial charge in [-0.25, -0.2) is 4.79 Å². The molecule has 3 atom stereocenters. The number of benzene rings is 1. The predicted octanol–water partition coefficient (Wildman–Crippen LogP) is 1.02. The lowest BCUT2D eigenvalue weighted by atomic mass is 9.84. The standard InChI is InChI=1S/C16H18N2O4/c1-3-21-15(20)13-11(10-7-5-4-6-8-10)12(17-18-13)14(19)16(2)9-22-16/h4-8,11,13,18H,3,9H2,1-2H3.